The summed E-state index contributed by atoms with van der Waals surface area (Å²) in [6.07, 6.45) is 1.92. The minimum Gasteiger partial charge on any atom is -0.354 e. The fourth-order valence-electron chi connectivity index (χ4n) is 3.49. The zero-order valence-corrected chi connectivity index (χ0v) is 17.3. The maximum absolute atomic E-state index is 4.58. The summed E-state index contributed by atoms with van der Waals surface area (Å²) in [6, 6.07) is 4.30. The Labute approximate surface area is 162 Å². The van der Waals surface area contributed by atoms with E-state index in [1.54, 1.807) is 0 Å². The molecule has 2 aliphatic rings. The lowest BCUT2D eigenvalue weighted by atomic mass is 10.2. The van der Waals surface area contributed by atoms with E-state index in [0.717, 1.165) is 63.3 Å². The van der Waals surface area contributed by atoms with Gasteiger partial charge in [0, 0.05) is 69.6 Å². The van der Waals surface area contributed by atoms with Crippen LogP contribution >= 0.6 is 11.8 Å². The van der Waals surface area contributed by atoms with Gasteiger partial charge in [0.15, 0.2) is 5.96 Å². The molecule has 2 fully saturated rings. The molecule has 0 spiro atoms. The van der Waals surface area contributed by atoms with Crippen LogP contribution in [-0.2, 0) is 6.54 Å². The zero-order chi connectivity index (χ0) is 18.6. The first-order valence-electron chi connectivity index (χ1n) is 9.45. The fourth-order valence-corrected chi connectivity index (χ4v) is 4.60. The minimum absolute atomic E-state index is 0.279. The molecule has 26 heavy (non-hydrogen) atoms. The van der Waals surface area contributed by atoms with Crippen LogP contribution in [0.4, 0.5) is 5.82 Å². The summed E-state index contributed by atoms with van der Waals surface area (Å²) in [4.78, 5) is 16.2. The highest BCUT2D eigenvalue weighted by molar-refractivity contribution is 8.00. The molecule has 1 N–H and O–H groups in total. The monoisotopic (exact) mass is 376 g/mol. The number of aromatic nitrogens is 1. The lowest BCUT2D eigenvalue weighted by Crippen LogP contribution is -2.50. The molecule has 1 aromatic rings. The molecule has 7 heteroatoms. The Balaban J connectivity index is 1.59. The molecular weight excluding hydrogens is 344 g/mol. The van der Waals surface area contributed by atoms with Gasteiger partial charge in [-0.3, -0.25) is 4.99 Å². The van der Waals surface area contributed by atoms with Crippen LogP contribution < -0.4 is 10.2 Å². The zero-order valence-electron chi connectivity index (χ0n) is 16.5. The molecule has 2 aliphatic heterocycles. The van der Waals surface area contributed by atoms with E-state index >= 15 is 0 Å². The number of piperazine rings is 1. The number of nitrogens with one attached hydrogen (secondary N) is 1. The Morgan fingerprint density at radius 2 is 2.04 bits per heavy atom. The average molecular weight is 377 g/mol. The first-order valence-corrected chi connectivity index (χ1v) is 10.4. The summed E-state index contributed by atoms with van der Waals surface area (Å²) in [7, 11) is 4.05. The van der Waals surface area contributed by atoms with Crippen LogP contribution in [0.25, 0.3) is 0 Å². The molecular formula is C19H32N6S. The molecule has 0 unspecified atom stereocenters. The third-order valence-electron chi connectivity index (χ3n) is 5.02. The van der Waals surface area contributed by atoms with Crippen LogP contribution in [0.2, 0.25) is 0 Å². The number of hydrogen-bond donors (Lipinski definition) is 1. The van der Waals surface area contributed by atoms with Gasteiger partial charge >= 0.3 is 0 Å². The average Bonchev–Trinajstić information content (AvgIpc) is 2.62. The largest absolute Gasteiger partial charge is 0.354 e. The second kappa shape index (κ2) is 8.48. The number of pyridine rings is 1. The standard InChI is InChI=1S/C19H32N6S/c1-19(2)15-25(11-12-26-19)18(20-3)22-14-16-5-6-21-17(13-16)24-9-7-23(4)8-10-24/h5-6,13H,7-12,14-15H2,1-4H3,(H,20,22). The number of anilines is 1. The van der Waals surface area contributed by atoms with Gasteiger partial charge in [-0.1, -0.05) is 0 Å². The van der Waals surface area contributed by atoms with Crippen molar-refractivity contribution in [2.24, 2.45) is 4.99 Å². The van der Waals surface area contributed by atoms with E-state index in [2.05, 4.69) is 63.0 Å². The number of guanidine groups is 1. The maximum atomic E-state index is 4.58. The third kappa shape index (κ3) is 5.04. The smallest absolute Gasteiger partial charge is 0.193 e. The predicted octanol–water partition coefficient (Wildman–Crippen LogP) is 1.74. The van der Waals surface area contributed by atoms with E-state index < -0.39 is 0 Å². The summed E-state index contributed by atoms with van der Waals surface area (Å²) in [5, 5.41) is 3.54. The van der Waals surface area contributed by atoms with Crippen LogP contribution in [0.3, 0.4) is 0 Å². The van der Waals surface area contributed by atoms with Gasteiger partial charge < -0.3 is 20.0 Å². The van der Waals surface area contributed by atoms with E-state index in [1.807, 2.05) is 25.0 Å². The Bertz CT molecular complexity index is 624. The number of rotatable bonds is 3. The molecule has 6 nitrogen and oxygen atoms in total. The molecule has 0 saturated carbocycles. The second-order valence-corrected chi connectivity index (χ2v) is 9.55. The lowest BCUT2D eigenvalue weighted by molar-refractivity contribution is 0.312. The van der Waals surface area contributed by atoms with E-state index in [1.165, 1.54) is 5.56 Å². The Morgan fingerprint density at radius 3 is 2.73 bits per heavy atom. The normalized spacial score (nSPS) is 21.8. The predicted molar refractivity (Wildman–Crippen MR) is 112 cm³/mol. The second-order valence-electron chi connectivity index (χ2n) is 7.74. The van der Waals surface area contributed by atoms with Gasteiger partial charge in [-0.25, -0.2) is 4.98 Å². The van der Waals surface area contributed by atoms with Gasteiger partial charge in [0.05, 0.1) is 0 Å². The number of hydrogen-bond acceptors (Lipinski definition) is 5. The Morgan fingerprint density at radius 1 is 1.27 bits per heavy atom. The molecule has 144 valence electrons. The van der Waals surface area contributed by atoms with Gasteiger partial charge in [0.2, 0.25) is 0 Å². The summed E-state index contributed by atoms with van der Waals surface area (Å²) >= 11 is 2.04. The fraction of sp³-hybridized carbons (Fsp3) is 0.684. The number of likely N-dealkylation sites (N-methyl/N-ethyl adjacent to an activating group) is 1. The molecule has 3 rings (SSSR count). The Kier molecular flexibility index (Phi) is 6.29. The Hall–Kier alpha value is -1.47. The van der Waals surface area contributed by atoms with Gasteiger partial charge in [0.25, 0.3) is 0 Å². The molecule has 0 aliphatic carbocycles. The number of aliphatic imine (C=N–C) groups is 1. The van der Waals surface area contributed by atoms with Crippen molar-refractivity contribution in [1.82, 2.24) is 20.1 Å². The lowest BCUT2D eigenvalue weighted by Gasteiger charge is -2.39. The highest BCUT2D eigenvalue weighted by Crippen LogP contribution is 2.29. The van der Waals surface area contributed by atoms with Gasteiger partial charge in [-0.15, -0.1) is 0 Å². The highest BCUT2D eigenvalue weighted by Gasteiger charge is 2.28. The summed E-state index contributed by atoms with van der Waals surface area (Å²) in [5.74, 6) is 3.23. The van der Waals surface area contributed by atoms with Crippen LogP contribution in [0.5, 0.6) is 0 Å². The van der Waals surface area contributed by atoms with Crippen molar-refractivity contribution in [2.45, 2.75) is 25.1 Å². The maximum Gasteiger partial charge on any atom is 0.193 e. The van der Waals surface area contributed by atoms with Crippen LogP contribution in [0.15, 0.2) is 23.3 Å². The quantitative estimate of drug-likeness (QED) is 0.640. The summed E-state index contributed by atoms with van der Waals surface area (Å²) < 4.78 is 0.279. The van der Waals surface area contributed by atoms with Crippen molar-refractivity contribution in [1.29, 1.82) is 0 Å². The van der Waals surface area contributed by atoms with E-state index in [0.29, 0.717) is 0 Å². The van der Waals surface area contributed by atoms with Gasteiger partial charge in [-0.2, -0.15) is 11.8 Å². The first-order chi connectivity index (χ1) is 12.5. The topological polar surface area (TPSA) is 47.0 Å². The molecule has 0 bridgehead atoms. The van der Waals surface area contributed by atoms with E-state index in [4.69, 9.17) is 0 Å². The molecule has 0 aromatic carbocycles. The molecule has 0 amide bonds. The molecule has 2 saturated heterocycles. The SMILES string of the molecule is CN=C(NCc1ccnc(N2CCN(C)CC2)c1)N1CCSC(C)(C)C1. The first kappa shape index (κ1) is 19.3. The van der Waals surface area contributed by atoms with Gasteiger partial charge in [0.1, 0.15) is 5.82 Å². The van der Waals surface area contributed by atoms with Crippen molar-refractivity contribution < 1.29 is 0 Å². The van der Waals surface area contributed by atoms with Crippen molar-refractivity contribution in [3.8, 4) is 0 Å². The van der Waals surface area contributed by atoms with Crippen molar-refractivity contribution in [3.05, 3.63) is 23.9 Å². The minimum atomic E-state index is 0.279. The van der Waals surface area contributed by atoms with Crippen LogP contribution in [0.1, 0.15) is 19.4 Å². The van der Waals surface area contributed by atoms with Crippen molar-refractivity contribution in [2.75, 3.05) is 64.0 Å². The molecule has 0 atom stereocenters. The number of thioether (sulfide) groups is 1. The molecule has 0 radical (unpaired) electrons. The third-order valence-corrected chi connectivity index (χ3v) is 6.32. The van der Waals surface area contributed by atoms with E-state index in [9.17, 15) is 0 Å². The van der Waals surface area contributed by atoms with Crippen molar-refractivity contribution in [3.63, 3.8) is 0 Å². The van der Waals surface area contributed by atoms with Gasteiger partial charge in [-0.05, 0) is 38.6 Å². The number of nitrogens with zero attached hydrogens (tertiary/aromatic N) is 5. The van der Waals surface area contributed by atoms with E-state index in [-0.39, 0.29) is 4.75 Å². The van der Waals surface area contributed by atoms with Crippen LogP contribution in [0, 0.1) is 0 Å². The summed E-state index contributed by atoms with van der Waals surface area (Å²) in [5.41, 5.74) is 1.25. The molecule has 1 aromatic heterocycles. The highest BCUT2D eigenvalue weighted by atomic mass is 32.2. The van der Waals surface area contributed by atoms with Crippen LogP contribution in [-0.4, -0.2) is 84.6 Å². The summed E-state index contributed by atoms with van der Waals surface area (Å²) in [6.45, 7) is 11.8. The van der Waals surface area contributed by atoms with Crippen molar-refractivity contribution >= 4 is 23.5 Å². The molecule has 3 heterocycles.